The Morgan fingerprint density at radius 2 is 2.13 bits per heavy atom. The van der Waals surface area contributed by atoms with Gasteiger partial charge in [0.2, 0.25) is 0 Å². The van der Waals surface area contributed by atoms with E-state index in [1.807, 2.05) is 19.2 Å². The van der Waals surface area contributed by atoms with Crippen LogP contribution in [0, 0.1) is 5.92 Å². The van der Waals surface area contributed by atoms with Gasteiger partial charge in [-0.15, -0.1) is 0 Å². The molecular weight excluding hydrogens is 192 g/mol. The van der Waals surface area contributed by atoms with E-state index in [1.54, 1.807) is 12.4 Å². The van der Waals surface area contributed by atoms with Gasteiger partial charge in [0.25, 0.3) is 0 Å². The number of carbonyl (C=O) groups is 1. The molecule has 0 radical (unpaired) electrons. The highest BCUT2D eigenvalue weighted by atomic mass is 16.4. The fraction of sp³-hybridized carbons (Fsp3) is 0.455. The molecule has 2 rings (SSSR count). The summed E-state index contributed by atoms with van der Waals surface area (Å²) in [7, 11) is 1.96. The molecule has 1 saturated heterocycles. The van der Waals surface area contributed by atoms with Gasteiger partial charge in [0.05, 0.1) is 5.92 Å². The summed E-state index contributed by atoms with van der Waals surface area (Å²) in [6.07, 6.45) is 3.43. The van der Waals surface area contributed by atoms with Crippen LogP contribution in [-0.4, -0.2) is 41.1 Å². The van der Waals surface area contributed by atoms with E-state index in [4.69, 9.17) is 5.11 Å². The quantitative estimate of drug-likeness (QED) is 0.778. The van der Waals surface area contributed by atoms with Crippen LogP contribution >= 0.6 is 0 Å². The van der Waals surface area contributed by atoms with Crippen molar-refractivity contribution in [2.45, 2.75) is 5.92 Å². The molecule has 0 spiro atoms. The van der Waals surface area contributed by atoms with Gasteiger partial charge in [-0.1, -0.05) is 0 Å². The standard InChI is InChI=1S/C11H14N2O2/c1-13-6-9(10(7-13)11(14)15)8-2-4-12-5-3-8/h2-5,9-10H,6-7H2,1H3,(H,14,15). The zero-order valence-corrected chi connectivity index (χ0v) is 8.63. The molecule has 0 aliphatic carbocycles. The topological polar surface area (TPSA) is 53.4 Å². The maximum Gasteiger partial charge on any atom is 0.308 e. The van der Waals surface area contributed by atoms with Crippen LogP contribution in [0.1, 0.15) is 11.5 Å². The first-order valence-corrected chi connectivity index (χ1v) is 4.99. The highest BCUT2D eigenvalue weighted by molar-refractivity contribution is 5.72. The number of hydrogen-bond donors (Lipinski definition) is 1. The van der Waals surface area contributed by atoms with E-state index >= 15 is 0 Å². The van der Waals surface area contributed by atoms with E-state index in [1.165, 1.54) is 0 Å². The van der Waals surface area contributed by atoms with Crippen LogP contribution in [0.25, 0.3) is 0 Å². The summed E-state index contributed by atoms with van der Waals surface area (Å²) >= 11 is 0. The molecule has 1 aromatic heterocycles. The third-order valence-electron chi connectivity index (χ3n) is 2.95. The average molecular weight is 206 g/mol. The van der Waals surface area contributed by atoms with E-state index in [-0.39, 0.29) is 11.8 Å². The molecule has 15 heavy (non-hydrogen) atoms. The third kappa shape index (κ3) is 1.99. The molecule has 0 amide bonds. The Morgan fingerprint density at radius 3 is 2.73 bits per heavy atom. The van der Waals surface area contributed by atoms with Gasteiger partial charge < -0.3 is 10.0 Å². The van der Waals surface area contributed by atoms with Crippen molar-refractivity contribution in [1.82, 2.24) is 9.88 Å². The monoisotopic (exact) mass is 206 g/mol. The lowest BCUT2D eigenvalue weighted by Crippen LogP contribution is -2.21. The van der Waals surface area contributed by atoms with Crippen molar-refractivity contribution in [3.05, 3.63) is 30.1 Å². The summed E-state index contributed by atoms with van der Waals surface area (Å²) in [6, 6.07) is 3.81. The Kier molecular flexibility index (Phi) is 2.68. The van der Waals surface area contributed by atoms with Crippen LogP contribution in [0.2, 0.25) is 0 Å². The van der Waals surface area contributed by atoms with E-state index < -0.39 is 5.97 Å². The number of likely N-dealkylation sites (tertiary alicyclic amines) is 1. The SMILES string of the molecule is CN1CC(C(=O)O)C(c2ccncc2)C1. The van der Waals surface area contributed by atoms with Crippen molar-refractivity contribution in [1.29, 1.82) is 0 Å². The van der Waals surface area contributed by atoms with Crippen molar-refractivity contribution in [2.24, 2.45) is 5.92 Å². The number of pyridine rings is 1. The predicted octanol–water partition coefficient (Wildman–Crippen LogP) is 0.811. The average Bonchev–Trinajstić information content (AvgIpc) is 2.62. The molecule has 0 aromatic carbocycles. The molecule has 0 saturated carbocycles. The fourth-order valence-electron chi connectivity index (χ4n) is 2.20. The number of nitrogens with zero attached hydrogens (tertiary/aromatic N) is 2. The number of rotatable bonds is 2. The van der Waals surface area contributed by atoms with Gasteiger partial charge in [0.15, 0.2) is 0 Å². The Hall–Kier alpha value is -1.42. The largest absolute Gasteiger partial charge is 0.481 e. The second-order valence-electron chi connectivity index (χ2n) is 4.05. The molecule has 0 bridgehead atoms. The lowest BCUT2D eigenvalue weighted by atomic mass is 9.90. The minimum absolute atomic E-state index is 0.0931. The fourth-order valence-corrected chi connectivity index (χ4v) is 2.20. The summed E-state index contributed by atoms with van der Waals surface area (Å²) in [4.78, 5) is 17.1. The summed E-state index contributed by atoms with van der Waals surface area (Å²) in [6.45, 7) is 1.43. The maximum absolute atomic E-state index is 11.1. The number of likely N-dealkylation sites (N-methyl/N-ethyl adjacent to an activating group) is 1. The first-order valence-electron chi connectivity index (χ1n) is 4.99. The number of carboxylic acid groups (broad SMARTS) is 1. The number of hydrogen-bond acceptors (Lipinski definition) is 3. The lowest BCUT2D eigenvalue weighted by Gasteiger charge is -2.14. The van der Waals surface area contributed by atoms with Crippen molar-refractivity contribution >= 4 is 5.97 Å². The molecule has 4 nitrogen and oxygen atoms in total. The van der Waals surface area contributed by atoms with Crippen LogP contribution in [0.5, 0.6) is 0 Å². The summed E-state index contributed by atoms with van der Waals surface area (Å²) in [5, 5.41) is 9.12. The second-order valence-corrected chi connectivity index (χ2v) is 4.05. The first kappa shape index (κ1) is 10.1. The first-order chi connectivity index (χ1) is 7.18. The minimum Gasteiger partial charge on any atom is -0.481 e. The molecule has 1 aliphatic rings. The molecule has 2 atom stereocenters. The van der Waals surface area contributed by atoms with Crippen molar-refractivity contribution in [3.8, 4) is 0 Å². The molecule has 80 valence electrons. The van der Waals surface area contributed by atoms with Crippen molar-refractivity contribution in [3.63, 3.8) is 0 Å². The van der Waals surface area contributed by atoms with Crippen molar-refractivity contribution < 1.29 is 9.90 Å². The Bertz CT molecular complexity index is 353. The number of carboxylic acids is 1. The Labute approximate surface area is 88.6 Å². The smallest absolute Gasteiger partial charge is 0.308 e. The summed E-state index contributed by atoms with van der Waals surface area (Å²) in [5.41, 5.74) is 1.07. The van der Waals surface area contributed by atoms with Crippen LogP contribution in [0.3, 0.4) is 0 Å². The second kappa shape index (κ2) is 3.98. The Balaban J connectivity index is 2.24. The molecule has 1 N–H and O–H groups in total. The van der Waals surface area contributed by atoms with Crippen LogP contribution in [-0.2, 0) is 4.79 Å². The minimum atomic E-state index is -0.707. The van der Waals surface area contributed by atoms with Gasteiger partial charge in [-0.05, 0) is 24.7 Å². The molecule has 2 heterocycles. The predicted molar refractivity (Wildman–Crippen MR) is 55.6 cm³/mol. The van der Waals surface area contributed by atoms with Gasteiger partial charge in [-0.2, -0.15) is 0 Å². The van der Waals surface area contributed by atoms with E-state index in [0.717, 1.165) is 12.1 Å². The molecule has 4 heteroatoms. The Morgan fingerprint density at radius 1 is 1.47 bits per heavy atom. The normalized spacial score (nSPS) is 26.7. The zero-order chi connectivity index (χ0) is 10.8. The summed E-state index contributed by atoms with van der Waals surface area (Å²) < 4.78 is 0. The lowest BCUT2D eigenvalue weighted by molar-refractivity contribution is -0.141. The van der Waals surface area contributed by atoms with Gasteiger partial charge in [-0.25, -0.2) is 0 Å². The highest BCUT2D eigenvalue weighted by Crippen LogP contribution is 2.31. The molecule has 2 unspecified atom stereocenters. The number of aliphatic carboxylic acids is 1. The molecule has 1 aromatic rings. The van der Waals surface area contributed by atoms with Gasteiger partial charge in [0, 0.05) is 31.4 Å². The highest BCUT2D eigenvalue weighted by Gasteiger charge is 2.36. The zero-order valence-electron chi connectivity index (χ0n) is 8.63. The van der Waals surface area contributed by atoms with Crippen molar-refractivity contribution in [2.75, 3.05) is 20.1 Å². The third-order valence-corrected chi connectivity index (χ3v) is 2.95. The maximum atomic E-state index is 11.1. The van der Waals surface area contributed by atoms with Crippen LogP contribution < -0.4 is 0 Å². The van der Waals surface area contributed by atoms with Gasteiger partial charge in [0.1, 0.15) is 0 Å². The van der Waals surface area contributed by atoms with Gasteiger partial charge in [-0.3, -0.25) is 9.78 Å². The number of aromatic nitrogens is 1. The van der Waals surface area contributed by atoms with Gasteiger partial charge >= 0.3 is 5.97 Å². The van der Waals surface area contributed by atoms with E-state index in [9.17, 15) is 4.79 Å². The molecule has 1 aliphatic heterocycles. The van der Waals surface area contributed by atoms with Crippen LogP contribution in [0.15, 0.2) is 24.5 Å². The molecular formula is C11H14N2O2. The molecule has 1 fully saturated rings. The van der Waals surface area contributed by atoms with E-state index in [0.29, 0.717) is 6.54 Å². The summed E-state index contributed by atoms with van der Waals surface area (Å²) in [5.74, 6) is -0.908. The van der Waals surface area contributed by atoms with Crippen LogP contribution in [0.4, 0.5) is 0 Å². The van der Waals surface area contributed by atoms with E-state index in [2.05, 4.69) is 9.88 Å².